The zero-order valence-corrected chi connectivity index (χ0v) is 16.8. The summed E-state index contributed by atoms with van der Waals surface area (Å²) < 4.78 is 46.6. The third-order valence-electron chi connectivity index (χ3n) is 5.47. The maximum atomic E-state index is 13.1. The fraction of sp³-hybridized carbons (Fsp3) is 0.364. The first kappa shape index (κ1) is 22.6. The number of carboxylic acid groups (broad SMARTS) is 1. The zero-order valence-electron chi connectivity index (χ0n) is 16.8. The Labute approximate surface area is 177 Å². The van der Waals surface area contributed by atoms with Crippen LogP contribution in [-0.4, -0.2) is 46.9 Å². The van der Waals surface area contributed by atoms with Crippen molar-refractivity contribution in [1.82, 2.24) is 4.90 Å². The Morgan fingerprint density at radius 3 is 2.35 bits per heavy atom. The van der Waals surface area contributed by atoms with Crippen molar-refractivity contribution in [2.75, 3.05) is 13.2 Å². The van der Waals surface area contributed by atoms with Gasteiger partial charge in [0.25, 0.3) is 5.91 Å². The first-order chi connectivity index (χ1) is 14.6. The highest BCUT2D eigenvalue weighted by Gasteiger charge is 2.55. The normalized spacial score (nSPS) is 21.2. The highest BCUT2D eigenvalue weighted by atomic mass is 19.4. The van der Waals surface area contributed by atoms with Crippen molar-refractivity contribution >= 4 is 11.9 Å². The molecule has 1 amide bonds. The molecule has 31 heavy (non-hydrogen) atoms. The van der Waals surface area contributed by atoms with E-state index in [4.69, 9.17) is 4.74 Å². The number of alkyl halides is 3. The molecule has 1 aliphatic heterocycles. The van der Waals surface area contributed by atoms with Crippen LogP contribution < -0.4 is 4.74 Å². The summed E-state index contributed by atoms with van der Waals surface area (Å²) >= 11 is 0. The number of carbonyl (C=O) groups is 2. The lowest BCUT2D eigenvalue weighted by atomic mass is 9.86. The minimum Gasteiger partial charge on any atom is -0.479 e. The SMILES string of the molecule is CC1CCN(C(=O)c2ccc(OC(F)(F)F)cc2)[C@]1(COCc1ccccc1)C(=O)O. The van der Waals surface area contributed by atoms with Gasteiger partial charge in [0.15, 0.2) is 5.54 Å². The molecule has 1 saturated heterocycles. The Morgan fingerprint density at radius 1 is 1.13 bits per heavy atom. The van der Waals surface area contributed by atoms with Crippen LogP contribution in [0.1, 0.15) is 29.3 Å². The fourth-order valence-electron chi connectivity index (χ4n) is 3.77. The standard InChI is InChI=1S/C22H22F3NO5/c1-15-11-12-26(19(27)17-7-9-18(10-8-17)31-22(23,24)25)21(15,20(28)29)14-30-13-16-5-3-2-4-6-16/h2-10,15H,11-14H2,1H3,(H,28,29)/t15?,21-/m0/s1. The van der Waals surface area contributed by atoms with E-state index in [2.05, 4.69) is 4.74 Å². The minimum atomic E-state index is -4.84. The second kappa shape index (κ2) is 8.97. The van der Waals surface area contributed by atoms with Crippen LogP contribution >= 0.6 is 0 Å². The Hall–Kier alpha value is -3.07. The Bertz CT molecular complexity index is 917. The van der Waals surface area contributed by atoms with Gasteiger partial charge in [-0.1, -0.05) is 37.3 Å². The lowest BCUT2D eigenvalue weighted by molar-refractivity contribution is -0.274. The van der Waals surface area contributed by atoms with Crippen LogP contribution in [0.3, 0.4) is 0 Å². The smallest absolute Gasteiger partial charge is 0.479 e. The number of aliphatic carboxylic acids is 1. The molecule has 6 nitrogen and oxygen atoms in total. The second-order valence-corrected chi connectivity index (χ2v) is 7.43. The molecule has 0 aliphatic carbocycles. The average Bonchev–Trinajstić information content (AvgIpc) is 3.05. The van der Waals surface area contributed by atoms with Gasteiger partial charge in [-0.25, -0.2) is 4.79 Å². The molecule has 2 aromatic carbocycles. The number of hydrogen-bond acceptors (Lipinski definition) is 4. The molecule has 3 rings (SSSR count). The largest absolute Gasteiger partial charge is 0.573 e. The van der Waals surface area contributed by atoms with E-state index in [0.717, 1.165) is 17.7 Å². The summed E-state index contributed by atoms with van der Waals surface area (Å²) in [7, 11) is 0. The molecule has 1 heterocycles. The van der Waals surface area contributed by atoms with Gasteiger partial charge < -0.3 is 19.5 Å². The minimum absolute atomic E-state index is 0.0670. The van der Waals surface area contributed by atoms with Crippen LogP contribution in [0, 0.1) is 5.92 Å². The number of hydrogen-bond donors (Lipinski definition) is 1. The molecule has 9 heteroatoms. The monoisotopic (exact) mass is 437 g/mol. The van der Waals surface area contributed by atoms with E-state index >= 15 is 0 Å². The number of amides is 1. The van der Waals surface area contributed by atoms with Gasteiger partial charge in [0.1, 0.15) is 5.75 Å². The molecule has 2 atom stereocenters. The van der Waals surface area contributed by atoms with Crippen molar-refractivity contribution < 1.29 is 37.3 Å². The van der Waals surface area contributed by atoms with E-state index in [1.807, 2.05) is 30.3 Å². The van der Waals surface area contributed by atoms with Crippen LogP contribution in [0.4, 0.5) is 13.2 Å². The number of ether oxygens (including phenoxy) is 2. The van der Waals surface area contributed by atoms with E-state index in [0.29, 0.717) is 6.42 Å². The van der Waals surface area contributed by atoms with Crippen LogP contribution in [-0.2, 0) is 16.1 Å². The van der Waals surface area contributed by atoms with E-state index in [-0.39, 0.29) is 31.2 Å². The summed E-state index contributed by atoms with van der Waals surface area (Å²) in [6.07, 6.45) is -4.38. The Kier molecular flexibility index (Phi) is 6.54. The third-order valence-corrected chi connectivity index (χ3v) is 5.47. The molecule has 1 fully saturated rings. The van der Waals surface area contributed by atoms with Crippen molar-refractivity contribution in [3.05, 3.63) is 65.7 Å². The topological polar surface area (TPSA) is 76.1 Å². The molecule has 166 valence electrons. The summed E-state index contributed by atoms with van der Waals surface area (Å²) in [5, 5.41) is 10.1. The zero-order chi connectivity index (χ0) is 22.6. The number of halogens is 3. The molecule has 1 aliphatic rings. The molecular weight excluding hydrogens is 415 g/mol. The van der Waals surface area contributed by atoms with Gasteiger partial charge in [0.05, 0.1) is 13.2 Å². The van der Waals surface area contributed by atoms with E-state index in [1.165, 1.54) is 17.0 Å². The predicted octanol–water partition coefficient (Wildman–Crippen LogP) is 4.11. The molecule has 0 spiro atoms. The molecule has 0 aromatic heterocycles. The van der Waals surface area contributed by atoms with Crippen molar-refractivity contribution in [3.63, 3.8) is 0 Å². The van der Waals surface area contributed by atoms with Gasteiger partial charge in [-0.3, -0.25) is 4.79 Å². The van der Waals surface area contributed by atoms with Gasteiger partial charge in [0, 0.05) is 12.1 Å². The lowest BCUT2D eigenvalue weighted by Crippen LogP contribution is -2.59. The molecule has 2 aromatic rings. The van der Waals surface area contributed by atoms with E-state index in [9.17, 15) is 27.9 Å². The summed E-state index contributed by atoms with van der Waals surface area (Å²) in [6.45, 7) is 1.92. The average molecular weight is 437 g/mol. The maximum absolute atomic E-state index is 13.1. The predicted molar refractivity (Wildman–Crippen MR) is 104 cm³/mol. The molecule has 1 unspecified atom stereocenters. The number of carbonyl (C=O) groups excluding carboxylic acids is 1. The number of likely N-dealkylation sites (tertiary alicyclic amines) is 1. The summed E-state index contributed by atoms with van der Waals surface area (Å²) in [5.41, 5.74) is -0.642. The number of nitrogens with zero attached hydrogens (tertiary/aromatic N) is 1. The van der Waals surface area contributed by atoms with Gasteiger partial charge >= 0.3 is 12.3 Å². The van der Waals surface area contributed by atoms with Gasteiger partial charge in [-0.15, -0.1) is 13.2 Å². The Morgan fingerprint density at radius 2 is 1.77 bits per heavy atom. The summed E-state index contributed by atoms with van der Waals surface area (Å²) in [6, 6.07) is 13.6. The Balaban J connectivity index is 1.78. The van der Waals surface area contributed by atoms with E-state index in [1.54, 1.807) is 6.92 Å². The van der Waals surface area contributed by atoms with Gasteiger partial charge in [-0.2, -0.15) is 0 Å². The van der Waals surface area contributed by atoms with E-state index < -0.39 is 29.5 Å². The van der Waals surface area contributed by atoms with Crippen molar-refractivity contribution in [2.45, 2.75) is 31.9 Å². The maximum Gasteiger partial charge on any atom is 0.573 e. The van der Waals surface area contributed by atoms with Crippen LogP contribution in [0.15, 0.2) is 54.6 Å². The van der Waals surface area contributed by atoms with Crippen molar-refractivity contribution in [2.24, 2.45) is 5.92 Å². The van der Waals surface area contributed by atoms with Crippen LogP contribution in [0.5, 0.6) is 5.75 Å². The van der Waals surface area contributed by atoms with Crippen molar-refractivity contribution in [1.29, 1.82) is 0 Å². The summed E-state index contributed by atoms with van der Waals surface area (Å²) in [5.74, 6) is -2.61. The van der Waals surface area contributed by atoms with Crippen molar-refractivity contribution in [3.8, 4) is 5.75 Å². The quantitative estimate of drug-likeness (QED) is 0.706. The van der Waals surface area contributed by atoms with Gasteiger partial charge in [0.2, 0.25) is 0 Å². The number of carboxylic acids is 1. The first-order valence-corrected chi connectivity index (χ1v) is 9.66. The van der Waals surface area contributed by atoms with Crippen LogP contribution in [0.25, 0.3) is 0 Å². The number of rotatable bonds is 7. The third kappa shape index (κ3) is 4.99. The highest BCUT2D eigenvalue weighted by Crippen LogP contribution is 2.37. The van der Waals surface area contributed by atoms with Gasteiger partial charge in [-0.05, 0) is 42.2 Å². The lowest BCUT2D eigenvalue weighted by Gasteiger charge is -2.37. The molecule has 1 N–H and O–H groups in total. The molecule has 0 radical (unpaired) electrons. The summed E-state index contributed by atoms with van der Waals surface area (Å²) in [4.78, 5) is 26.6. The molecular formula is C22H22F3NO5. The second-order valence-electron chi connectivity index (χ2n) is 7.43. The highest BCUT2D eigenvalue weighted by molar-refractivity contribution is 5.98. The van der Waals surface area contributed by atoms with Crippen LogP contribution in [0.2, 0.25) is 0 Å². The molecule has 0 bridgehead atoms. The molecule has 0 saturated carbocycles. The first-order valence-electron chi connectivity index (χ1n) is 9.66. The fourth-order valence-corrected chi connectivity index (χ4v) is 3.77. The number of benzene rings is 2.